The first-order chi connectivity index (χ1) is 9.56. The largest absolute Gasteiger partial charge is 0.496 e. The lowest BCUT2D eigenvalue weighted by molar-refractivity contribution is 0.103. The molecule has 0 atom stereocenters. The Morgan fingerprint density at radius 2 is 1.65 bits per heavy atom. The number of aryl methyl sites for hydroxylation is 1. The van der Waals surface area contributed by atoms with Gasteiger partial charge in [0, 0.05) is 5.56 Å². The van der Waals surface area contributed by atoms with Crippen LogP contribution >= 0.6 is 15.9 Å². The van der Waals surface area contributed by atoms with E-state index in [1.807, 2.05) is 19.1 Å². The van der Waals surface area contributed by atoms with Crippen molar-refractivity contribution in [1.29, 1.82) is 0 Å². The Morgan fingerprint density at radius 3 is 2.25 bits per heavy atom. The Labute approximate surface area is 126 Å². The zero-order chi connectivity index (χ0) is 14.7. The Hall–Kier alpha value is -1.81. The van der Waals surface area contributed by atoms with Crippen LogP contribution in [0.5, 0.6) is 11.5 Å². The number of methoxy groups -OCH3 is 2. The molecule has 0 spiro atoms. The highest BCUT2D eigenvalue weighted by molar-refractivity contribution is 9.10. The molecule has 0 amide bonds. The van der Waals surface area contributed by atoms with Crippen LogP contribution in [0, 0.1) is 6.92 Å². The van der Waals surface area contributed by atoms with Gasteiger partial charge < -0.3 is 9.47 Å². The van der Waals surface area contributed by atoms with E-state index in [4.69, 9.17) is 9.47 Å². The summed E-state index contributed by atoms with van der Waals surface area (Å²) < 4.78 is 11.2. The molecule has 0 saturated heterocycles. The molecule has 2 rings (SSSR count). The number of hydrogen-bond donors (Lipinski definition) is 0. The fraction of sp³-hybridized carbons (Fsp3) is 0.188. The molecular formula is C16H15BrO3. The number of ether oxygens (including phenoxy) is 2. The SMILES string of the molecule is COc1ccc(C(=O)c2cc(C)ccc2OC)cc1Br. The molecule has 0 N–H and O–H groups in total. The van der Waals surface area contributed by atoms with Gasteiger partial charge in [-0.25, -0.2) is 0 Å². The third kappa shape index (κ3) is 2.85. The Kier molecular flexibility index (Phi) is 4.45. The number of carbonyl (C=O) groups is 1. The smallest absolute Gasteiger partial charge is 0.196 e. The van der Waals surface area contributed by atoms with Crippen LogP contribution in [0.25, 0.3) is 0 Å². The van der Waals surface area contributed by atoms with Crippen molar-refractivity contribution in [2.45, 2.75) is 6.92 Å². The van der Waals surface area contributed by atoms with Crippen molar-refractivity contribution in [3.8, 4) is 11.5 Å². The summed E-state index contributed by atoms with van der Waals surface area (Å²) in [4.78, 5) is 12.6. The van der Waals surface area contributed by atoms with Crippen LogP contribution in [0.2, 0.25) is 0 Å². The molecule has 2 aromatic rings. The van der Waals surface area contributed by atoms with E-state index in [0.29, 0.717) is 22.6 Å². The van der Waals surface area contributed by atoms with Crippen LogP contribution in [0.15, 0.2) is 40.9 Å². The van der Waals surface area contributed by atoms with Crippen LogP contribution in [0.1, 0.15) is 21.5 Å². The molecule has 0 saturated carbocycles. The van der Waals surface area contributed by atoms with Gasteiger partial charge >= 0.3 is 0 Å². The summed E-state index contributed by atoms with van der Waals surface area (Å²) in [6.45, 7) is 1.94. The monoisotopic (exact) mass is 334 g/mol. The molecule has 0 fully saturated rings. The minimum Gasteiger partial charge on any atom is -0.496 e. The van der Waals surface area contributed by atoms with Crippen molar-refractivity contribution in [2.75, 3.05) is 14.2 Å². The van der Waals surface area contributed by atoms with E-state index >= 15 is 0 Å². The molecule has 0 radical (unpaired) electrons. The third-order valence-corrected chi connectivity index (χ3v) is 3.63. The Morgan fingerprint density at radius 1 is 1.00 bits per heavy atom. The predicted octanol–water partition coefficient (Wildman–Crippen LogP) is 4.01. The average Bonchev–Trinajstić information content (AvgIpc) is 2.46. The van der Waals surface area contributed by atoms with Crippen molar-refractivity contribution in [3.05, 3.63) is 57.6 Å². The van der Waals surface area contributed by atoms with E-state index in [9.17, 15) is 4.79 Å². The van der Waals surface area contributed by atoms with Crippen LogP contribution < -0.4 is 9.47 Å². The lowest BCUT2D eigenvalue weighted by Crippen LogP contribution is -2.04. The lowest BCUT2D eigenvalue weighted by atomic mass is 10.0. The van der Waals surface area contributed by atoms with Gasteiger partial charge in [-0.2, -0.15) is 0 Å². The molecule has 2 aromatic carbocycles. The van der Waals surface area contributed by atoms with Crippen LogP contribution in [0.3, 0.4) is 0 Å². The lowest BCUT2D eigenvalue weighted by Gasteiger charge is -2.10. The van der Waals surface area contributed by atoms with Gasteiger partial charge in [-0.3, -0.25) is 4.79 Å². The van der Waals surface area contributed by atoms with Gasteiger partial charge in [0.25, 0.3) is 0 Å². The van der Waals surface area contributed by atoms with Crippen molar-refractivity contribution in [3.63, 3.8) is 0 Å². The molecule has 4 heteroatoms. The van der Waals surface area contributed by atoms with Crippen LogP contribution in [-0.2, 0) is 0 Å². The molecule has 0 heterocycles. The highest BCUT2D eigenvalue weighted by atomic mass is 79.9. The van der Waals surface area contributed by atoms with Gasteiger partial charge in [-0.15, -0.1) is 0 Å². The molecule has 20 heavy (non-hydrogen) atoms. The van der Waals surface area contributed by atoms with Crippen LogP contribution in [-0.4, -0.2) is 20.0 Å². The molecule has 0 unspecified atom stereocenters. The minimum absolute atomic E-state index is 0.0751. The average molecular weight is 335 g/mol. The second kappa shape index (κ2) is 6.09. The second-order valence-corrected chi connectivity index (χ2v) is 5.24. The van der Waals surface area contributed by atoms with Crippen molar-refractivity contribution >= 4 is 21.7 Å². The number of hydrogen-bond acceptors (Lipinski definition) is 3. The van der Waals surface area contributed by atoms with Gasteiger partial charge in [0.1, 0.15) is 11.5 Å². The predicted molar refractivity (Wildman–Crippen MR) is 81.9 cm³/mol. The van der Waals surface area contributed by atoms with E-state index in [0.717, 1.165) is 10.0 Å². The van der Waals surface area contributed by atoms with E-state index in [1.165, 1.54) is 0 Å². The highest BCUT2D eigenvalue weighted by Gasteiger charge is 2.16. The number of ketones is 1. The summed E-state index contributed by atoms with van der Waals surface area (Å²) in [6, 6.07) is 10.8. The topological polar surface area (TPSA) is 35.5 Å². The second-order valence-electron chi connectivity index (χ2n) is 4.38. The first-order valence-electron chi connectivity index (χ1n) is 6.09. The summed E-state index contributed by atoms with van der Waals surface area (Å²) >= 11 is 3.39. The number of halogens is 1. The van der Waals surface area contributed by atoms with Gasteiger partial charge in [-0.05, 0) is 53.2 Å². The fourth-order valence-electron chi connectivity index (χ4n) is 1.96. The molecule has 0 aliphatic rings. The fourth-order valence-corrected chi connectivity index (χ4v) is 2.50. The summed E-state index contributed by atoms with van der Waals surface area (Å²) in [7, 11) is 3.15. The normalized spacial score (nSPS) is 10.2. The van der Waals surface area contributed by atoms with Gasteiger partial charge in [0.2, 0.25) is 0 Å². The molecule has 0 bridgehead atoms. The zero-order valence-electron chi connectivity index (χ0n) is 11.6. The van der Waals surface area contributed by atoms with Gasteiger partial charge in [0.15, 0.2) is 5.78 Å². The maximum atomic E-state index is 12.6. The highest BCUT2D eigenvalue weighted by Crippen LogP contribution is 2.28. The van der Waals surface area contributed by atoms with E-state index < -0.39 is 0 Å². The quantitative estimate of drug-likeness (QED) is 0.792. The first kappa shape index (κ1) is 14.6. The summed E-state index contributed by atoms with van der Waals surface area (Å²) in [5.41, 5.74) is 2.16. The van der Waals surface area contributed by atoms with Gasteiger partial charge in [-0.1, -0.05) is 11.6 Å². The molecule has 0 aliphatic heterocycles. The maximum Gasteiger partial charge on any atom is 0.196 e. The summed E-state index contributed by atoms with van der Waals surface area (Å²) in [6.07, 6.45) is 0. The maximum absolute atomic E-state index is 12.6. The van der Waals surface area contributed by atoms with Crippen LogP contribution in [0.4, 0.5) is 0 Å². The van der Waals surface area contributed by atoms with Crippen molar-refractivity contribution < 1.29 is 14.3 Å². The van der Waals surface area contributed by atoms with E-state index in [1.54, 1.807) is 38.5 Å². The van der Waals surface area contributed by atoms with E-state index in [2.05, 4.69) is 15.9 Å². The van der Waals surface area contributed by atoms with Gasteiger partial charge in [0.05, 0.1) is 24.3 Å². The molecular weight excluding hydrogens is 320 g/mol. The Bertz CT molecular complexity index is 650. The standard InChI is InChI=1S/C16H15BrO3/c1-10-4-6-14(19-2)12(8-10)16(18)11-5-7-15(20-3)13(17)9-11/h4-9H,1-3H3. The first-order valence-corrected chi connectivity index (χ1v) is 6.89. The summed E-state index contributed by atoms with van der Waals surface area (Å²) in [5.74, 6) is 1.19. The minimum atomic E-state index is -0.0751. The van der Waals surface area contributed by atoms with Crippen molar-refractivity contribution in [1.82, 2.24) is 0 Å². The number of benzene rings is 2. The number of carbonyl (C=O) groups excluding carboxylic acids is 1. The van der Waals surface area contributed by atoms with E-state index in [-0.39, 0.29) is 5.78 Å². The summed E-state index contributed by atoms with van der Waals surface area (Å²) in [5, 5.41) is 0. The molecule has 104 valence electrons. The zero-order valence-corrected chi connectivity index (χ0v) is 13.2. The third-order valence-electron chi connectivity index (χ3n) is 3.01. The molecule has 0 aromatic heterocycles. The molecule has 3 nitrogen and oxygen atoms in total. The number of rotatable bonds is 4. The molecule has 0 aliphatic carbocycles. The Balaban J connectivity index is 2.46. The van der Waals surface area contributed by atoms with Crippen molar-refractivity contribution in [2.24, 2.45) is 0 Å².